The standard InChI is InChI=1S/C9H9ClNO/c10-7-1-3-8(4-2-7)12-9-5-11-6-9/h1-4,9H,5-6H2. The van der Waals surface area contributed by atoms with Gasteiger partial charge in [-0.3, -0.25) is 0 Å². The largest absolute Gasteiger partial charge is 0.488 e. The minimum absolute atomic E-state index is 0.283. The second-order valence-corrected chi connectivity index (χ2v) is 3.22. The Kier molecular flexibility index (Phi) is 2.19. The fourth-order valence-electron chi connectivity index (χ4n) is 1.01. The lowest BCUT2D eigenvalue weighted by Crippen LogP contribution is -2.45. The molecule has 2 rings (SSSR count). The van der Waals surface area contributed by atoms with Crippen LogP contribution >= 0.6 is 11.6 Å². The molecule has 1 aromatic rings. The van der Waals surface area contributed by atoms with Gasteiger partial charge in [-0.2, -0.15) is 0 Å². The van der Waals surface area contributed by atoms with E-state index < -0.39 is 0 Å². The quantitative estimate of drug-likeness (QED) is 0.683. The molecule has 0 spiro atoms. The molecule has 0 bridgehead atoms. The van der Waals surface area contributed by atoms with Crippen molar-refractivity contribution in [2.45, 2.75) is 6.10 Å². The van der Waals surface area contributed by atoms with Crippen LogP contribution in [0, 0.1) is 0 Å². The number of benzene rings is 1. The summed E-state index contributed by atoms with van der Waals surface area (Å²) in [7, 11) is 0. The number of nitrogens with zero attached hydrogens (tertiary/aromatic N) is 1. The van der Waals surface area contributed by atoms with Crippen LogP contribution in [0.25, 0.3) is 0 Å². The van der Waals surface area contributed by atoms with Crippen LogP contribution in [0.2, 0.25) is 5.02 Å². The fourth-order valence-corrected chi connectivity index (χ4v) is 1.14. The molecule has 0 atom stereocenters. The number of hydrogen-bond donors (Lipinski definition) is 0. The van der Waals surface area contributed by atoms with E-state index in [9.17, 15) is 0 Å². The van der Waals surface area contributed by atoms with Crippen molar-refractivity contribution >= 4 is 11.6 Å². The SMILES string of the molecule is Clc1ccc(OC2C[N]C2)cc1. The highest BCUT2D eigenvalue weighted by molar-refractivity contribution is 6.30. The van der Waals surface area contributed by atoms with Gasteiger partial charge in [0.1, 0.15) is 11.9 Å². The van der Waals surface area contributed by atoms with Gasteiger partial charge in [-0.1, -0.05) is 11.6 Å². The maximum Gasteiger partial charge on any atom is 0.127 e. The van der Waals surface area contributed by atoms with Crippen molar-refractivity contribution < 1.29 is 4.74 Å². The highest BCUT2D eigenvalue weighted by atomic mass is 35.5. The monoisotopic (exact) mass is 182 g/mol. The molecule has 0 aliphatic carbocycles. The van der Waals surface area contributed by atoms with Crippen molar-refractivity contribution in [3.8, 4) is 5.75 Å². The summed E-state index contributed by atoms with van der Waals surface area (Å²) in [4.78, 5) is 0. The van der Waals surface area contributed by atoms with Crippen molar-refractivity contribution in [1.29, 1.82) is 0 Å². The van der Waals surface area contributed by atoms with E-state index in [1.807, 2.05) is 24.3 Å². The summed E-state index contributed by atoms with van der Waals surface area (Å²) < 4.78 is 5.55. The summed E-state index contributed by atoms with van der Waals surface area (Å²) in [6.45, 7) is 1.64. The van der Waals surface area contributed by atoms with Gasteiger partial charge >= 0.3 is 0 Å². The van der Waals surface area contributed by atoms with Gasteiger partial charge in [0, 0.05) is 5.02 Å². The van der Waals surface area contributed by atoms with Crippen molar-refractivity contribution in [2.75, 3.05) is 13.1 Å². The zero-order valence-corrected chi connectivity index (χ0v) is 7.29. The van der Waals surface area contributed by atoms with Crippen LogP contribution in [0.15, 0.2) is 24.3 Å². The molecular weight excluding hydrogens is 174 g/mol. The van der Waals surface area contributed by atoms with Crippen molar-refractivity contribution in [3.63, 3.8) is 0 Å². The molecule has 3 heteroatoms. The van der Waals surface area contributed by atoms with E-state index in [0.717, 1.165) is 23.9 Å². The van der Waals surface area contributed by atoms with E-state index in [2.05, 4.69) is 5.32 Å². The first-order chi connectivity index (χ1) is 5.84. The summed E-state index contributed by atoms with van der Waals surface area (Å²) in [6.07, 6.45) is 0.283. The lowest BCUT2D eigenvalue weighted by atomic mass is 10.2. The molecular formula is C9H9ClNO. The van der Waals surface area contributed by atoms with Gasteiger partial charge in [-0.25, -0.2) is 5.32 Å². The van der Waals surface area contributed by atoms with E-state index in [4.69, 9.17) is 16.3 Å². The van der Waals surface area contributed by atoms with Gasteiger partial charge in [-0.15, -0.1) is 0 Å². The van der Waals surface area contributed by atoms with Crippen molar-refractivity contribution in [2.24, 2.45) is 0 Å². The predicted molar refractivity (Wildman–Crippen MR) is 47.7 cm³/mol. The van der Waals surface area contributed by atoms with Crippen LogP contribution in [0.3, 0.4) is 0 Å². The van der Waals surface area contributed by atoms with Gasteiger partial charge in [0.25, 0.3) is 0 Å². The first-order valence-electron chi connectivity index (χ1n) is 3.90. The van der Waals surface area contributed by atoms with Gasteiger partial charge < -0.3 is 4.74 Å². The molecule has 1 saturated heterocycles. The highest BCUT2D eigenvalue weighted by Gasteiger charge is 2.19. The second-order valence-electron chi connectivity index (χ2n) is 2.78. The smallest absolute Gasteiger partial charge is 0.127 e. The van der Waals surface area contributed by atoms with E-state index in [1.54, 1.807) is 0 Å². The van der Waals surface area contributed by atoms with E-state index in [1.165, 1.54) is 0 Å². The average Bonchev–Trinajstić information content (AvgIpc) is 2.00. The van der Waals surface area contributed by atoms with Crippen molar-refractivity contribution in [3.05, 3.63) is 29.3 Å². The number of halogens is 1. The average molecular weight is 183 g/mol. The minimum Gasteiger partial charge on any atom is -0.488 e. The molecule has 2 nitrogen and oxygen atoms in total. The fraction of sp³-hybridized carbons (Fsp3) is 0.333. The number of ether oxygens (including phenoxy) is 1. The molecule has 1 heterocycles. The van der Waals surface area contributed by atoms with Crippen LogP contribution in [-0.2, 0) is 0 Å². The minimum atomic E-state index is 0.283. The molecule has 1 fully saturated rings. The zero-order valence-electron chi connectivity index (χ0n) is 6.53. The maximum atomic E-state index is 5.72. The third-order valence-corrected chi connectivity index (χ3v) is 2.03. The molecule has 63 valence electrons. The Balaban J connectivity index is 1.98. The van der Waals surface area contributed by atoms with Crippen LogP contribution in [0.5, 0.6) is 5.75 Å². The lowest BCUT2D eigenvalue weighted by molar-refractivity contribution is 0.139. The molecule has 1 aliphatic rings. The zero-order chi connectivity index (χ0) is 8.39. The van der Waals surface area contributed by atoms with Crippen LogP contribution < -0.4 is 10.1 Å². The van der Waals surface area contributed by atoms with Gasteiger partial charge in [0.15, 0.2) is 0 Å². The lowest BCUT2D eigenvalue weighted by Gasteiger charge is -2.25. The third-order valence-electron chi connectivity index (χ3n) is 1.78. The predicted octanol–water partition coefficient (Wildman–Crippen LogP) is 1.71. The van der Waals surface area contributed by atoms with E-state index in [0.29, 0.717) is 0 Å². The summed E-state index contributed by atoms with van der Waals surface area (Å²) in [6, 6.07) is 7.40. The highest BCUT2D eigenvalue weighted by Crippen LogP contribution is 2.17. The maximum absolute atomic E-state index is 5.72. The normalized spacial score (nSPS) is 17.1. The molecule has 0 amide bonds. The van der Waals surface area contributed by atoms with E-state index >= 15 is 0 Å². The molecule has 12 heavy (non-hydrogen) atoms. The first-order valence-corrected chi connectivity index (χ1v) is 4.28. The van der Waals surface area contributed by atoms with Crippen LogP contribution in [0.4, 0.5) is 0 Å². The topological polar surface area (TPSA) is 23.3 Å². The van der Waals surface area contributed by atoms with Gasteiger partial charge in [-0.05, 0) is 24.3 Å². The van der Waals surface area contributed by atoms with Gasteiger partial charge in [0.05, 0.1) is 13.1 Å². The summed E-state index contributed by atoms with van der Waals surface area (Å²) >= 11 is 5.72. The molecule has 1 aromatic carbocycles. The van der Waals surface area contributed by atoms with Gasteiger partial charge in [0.2, 0.25) is 0 Å². The summed E-state index contributed by atoms with van der Waals surface area (Å²) in [5.41, 5.74) is 0. The Morgan fingerprint density at radius 3 is 2.42 bits per heavy atom. The van der Waals surface area contributed by atoms with Crippen LogP contribution in [-0.4, -0.2) is 19.2 Å². The Labute approximate surface area is 76.5 Å². The molecule has 0 aromatic heterocycles. The molecule has 0 saturated carbocycles. The van der Waals surface area contributed by atoms with E-state index in [-0.39, 0.29) is 6.10 Å². The Hall–Kier alpha value is -0.730. The third kappa shape index (κ3) is 1.71. The molecule has 1 radical (unpaired) electrons. The molecule has 0 N–H and O–H groups in total. The summed E-state index contributed by atoms with van der Waals surface area (Å²) in [5.74, 6) is 0.874. The van der Waals surface area contributed by atoms with Crippen LogP contribution in [0.1, 0.15) is 0 Å². The summed E-state index contributed by atoms with van der Waals surface area (Å²) in [5, 5.41) is 4.80. The molecule has 1 aliphatic heterocycles. The Morgan fingerprint density at radius 1 is 1.25 bits per heavy atom. The van der Waals surface area contributed by atoms with Crippen molar-refractivity contribution in [1.82, 2.24) is 5.32 Å². The Morgan fingerprint density at radius 2 is 1.92 bits per heavy atom. The number of hydrogen-bond acceptors (Lipinski definition) is 1. The Bertz CT molecular complexity index is 256. The second kappa shape index (κ2) is 3.33. The first kappa shape index (κ1) is 7.90. The number of rotatable bonds is 2. The molecule has 0 unspecified atom stereocenters.